The molecule has 3 N–H and O–H groups in total. The summed E-state index contributed by atoms with van der Waals surface area (Å²) in [7, 11) is 0. The van der Waals surface area contributed by atoms with Gasteiger partial charge < -0.3 is 10.8 Å². The minimum absolute atomic E-state index is 0.331. The van der Waals surface area contributed by atoms with Crippen molar-refractivity contribution >= 4 is 17.2 Å². The molecule has 20 heavy (non-hydrogen) atoms. The molecule has 0 aliphatic rings. The van der Waals surface area contributed by atoms with Gasteiger partial charge in [-0.1, -0.05) is 51.1 Å². The molecule has 0 aromatic heterocycles. The molecule has 3 nitrogen and oxygen atoms in total. The highest BCUT2D eigenvalue weighted by Gasteiger charge is 2.19. The fraction of sp³-hybridized carbons (Fsp3) is 0.353. The van der Waals surface area contributed by atoms with E-state index in [1.165, 1.54) is 0 Å². The zero-order chi connectivity index (χ0) is 15.9. The van der Waals surface area contributed by atoms with Gasteiger partial charge in [0.05, 0.1) is 5.57 Å². The summed E-state index contributed by atoms with van der Waals surface area (Å²) in [4.78, 5) is 11.5. The SMILES string of the molecule is C=C(N)c1cccc(C)c1/C(C(=O)O)=C(/C)CC.CC. The maximum Gasteiger partial charge on any atom is 0.336 e. The third-order valence-corrected chi connectivity index (χ3v) is 3.04. The quantitative estimate of drug-likeness (QED) is 0.809. The van der Waals surface area contributed by atoms with Crippen LogP contribution in [-0.2, 0) is 4.79 Å². The first-order chi connectivity index (χ1) is 9.40. The second kappa shape index (κ2) is 8.20. The van der Waals surface area contributed by atoms with Gasteiger partial charge in [-0.3, -0.25) is 0 Å². The van der Waals surface area contributed by atoms with E-state index in [4.69, 9.17) is 5.73 Å². The molecule has 0 unspecified atom stereocenters. The van der Waals surface area contributed by atoms with Crippen LogP contribution in [0.1, 0.15) is 50.8 Å². The normalized spacial score (nSPS) is 11.1. The van der Waals surface area contributed by atoms with Gasteiger partial charge in [-0.25, -0.2) is 4.79 Å². The lowest BCUT2D eigenvalue weighted by atomic mass is 9.90. The molecular formula is C17H25NO2. The van der Waals surface area contributed by atoms with E-state index >= 15 is 0 Å². The average molecular weight is 275 g/mol. The Morgan fingerprint density at radius 1 is 1.35 bits per heavy atom. The van der Waals surface area contributed by atoms with Crippen molar-refractivity contribution in [2.75, 3.05) is 0 Å². The minimum atomic E-state index is -0.925. The van der Waals surface area contributed by atoms with Gasteiger partial charge in [-0.05, 0) is 25.8 Å². The minimum Gasteiger partial charge on any atom is -0.478 e. The Hall–Kier alpha value is -2.03. The van der Waals surface area contributed by atoms with Crippen LogP contribution in [0.25, 0.3) is 11.3 Å². The fourth-order valence-corrected chi connectivity index (χ4v) is 1.95. The molecule has 0 amide bonds. The van der Waals surface area contributed by atoms with Crippen molar-refractivity contribution in [3.63, 3.8) is 0 Å². The molecule has 3 heteroatoms. The molecule has 0 aliphatic carbocycles. The largest absolute Gasteiger partial charge is 0.478 e. The summed E-state index contributed by atoms with van der Waals surface area (Å²) in [6, 6.07) is 5.54. The molecule has 0 bridgehead atoms. The van der Waals surface area contributed by atoms with Crippen molar-refractivity contribution in [2.24, 2.45) is 5.73 Å². The molecule has 1 aromatic carbocycles. The van der Waals surface area contributed by atoms with E-state index in [0.717, 1.165) is 11.1 Å². The van der Waals surface area contributed by atoms with Gasteiger partial charge in [-0.2, -0.15) is 0 Å². The number of rotatable bonds is 4. The maximum atomic E-state index is 11.5. The van der Waals surface area contributed by atoms with Crippen LogP contribution in [0.3, 0.4) is 0 Å². The Bertz CT molecular complexity index is 528. The molecule has 1 rings (SSSR count). The lowest BCUT2D eigenvalue weighted by molar-refractivity contribution is -0.130. The topological polar surface area (TPSA) is 63.3 Å². The smallest absolute Gasteiger partial charge is 0.336 e. The summed E-state index contributed by atoms with van der Waals surface area (Å²) in [6.45, 7) is 13.4. The Morgan fingerprint density at radius 3 is 2.30 bits per heavy atom. The first-order valence-electron chi connectivity index (χ1n) is 6.87. The number of carboxylic acids is 1. The van der Waals surface area contributed by atoms with Crippen molar-refractivity contribution in [3.8, 4) is 0 Å². The Morgan fingerprint density at radius 2 is 1.90 bits per heavy atom. The summed E-state index contributed by atoms with van der Waals surface area (Å²) < 4.78 is 0. The predicted molar refractivity (Wildman–Crippen MR) is 86.3 cm³/mol. The highest BCUT2D eigenvalue weighted by Crippen LogP contribution is 2.29. The van der Waals surface area contributed by atoms with Crippen LogP contribution in [0, 0.1) is 6.92 Å². The van der Waals surface area contributed by atoms with Gasteiger partial charge in [0, 0.05) is 16.8 Å². The van der Waals surface area contributed by atoms with Crippen molar-refractivity contribution < 1.29 is 9.90 Å². The molecular weight excluding hydrogens is 250 g/mol. The van der Waals surface area contributed by atoms with Crippen LogP contribution < -0.4 is 5.73 Å². The van der Waals surface area contributed by atoms with E-state index in [0.29, 0.717) is 28.8 Å². The van der Waals surface area contributed by atoms with E-state index in [9.17, 15) is 9.90 Å². The first-order valence-corrected chi connectivity index (χ1v) is 6.87. The molecule has 0 fully saturated rings. The Kier molecular flexibility index (Phi) is 7.37. The van der Waals surface area contributed by atoms with Crippen LogP contribution in [-0.4, -0.2) is 11.1 Å². The van der Waals surface area contributed by atoms with E-state index in [1.807, 2.05) is 46.8 Å². The second-order valence-electron chi connectivity index (χ2n) is 4.34. The van der Waals surface area contributed by atoms with Gasteiger partial charge in [0.15, 0.2) is 0 Å². The standard InChI is InChI=1S/C15H19NO2.C2H6/c1-5-9(2)14(15(17)18)13-10(3)7-6-8-12(13)11(4)16;1-2/h6-8H,4-5,16H2,1-3H3,(H,17,18);1-2H3/b14-9+;. The summed E-state index contributed by atoms with van der Waals surface area (Å²) >= 11 is 0. The van der Waals surface area contributed by atoms with Gasteiger partial charge in [0.2, 0.25) is 0 Å². The highest BCUT2D eigenvalue weighted by atomic mass is 16.4. The van der Waals surface area contributed by atoms with Gasteiger partial charge in [0.25, 0.3) is 0 Å². The second-order valence-corrected chi connectivity index (χ2v) is 4.34. The Balaban J connectivity index is 0.00000172. The third-order valence-electron chi connectivity index (χ3n) is 3.04. The molecule has 0 atom stereocenters. The molecule has 0 heterocycles. The monoisotopic (exact) mass is 275 g/mol. The fourth-order valence-electron chi connectivity index (χ4n) is 1.95. The van der Waals surface area contributed by atoms with E-state index < -0.39 is 5.97 Å². The van der Waals surface area contributed by atoms with Crippen LogP contribution in [0.4, 0.5) is 0 Å². The molecule has 0 saturated heterocycles. The van der Waals surface area contributed by atoms with Gasteiger partial charge >= 0.3 is 5.97 Å². The summed E-state index contributed by atoms with van der Waals surface area (Å²) in [5, 5.41) is 9.43. The van der Waals surface area contributed by atoms with Crippen molar-refractivity contribution in [1.29, 1.82) is 0 Å². The van der Waals surface area contributed by atoms with E-state index in [1.54, 1.807) is 6.07 Å². The number of aliphatic carboxylic acids is 1. The van der Waals surface area contributed by atoms with Crippen LogP contribution in [0.5, 0.6) is 0 Å². The number of allylic oxidation sites excluding steroid dienone is 1. The molecule has 110 valence electrons. The predicted octanol–water partition coefficient (Wildman–Crippen LogP) is 4.22. The van der Waals surface area contributed by atoms with Crippen LogP contribution in [0.15, 0.2) is 30.4 Å². The Labute approximate surface area is 121 Å². The molecule has 0 radical (unpaired) electrons. The number of aryl methyl sites for hydroxylation is 1. The van der Waals surface area contributed by atoms with Crippen molar-refractivity contribution in [3.05, 3.63) is 47.0 Å². The maximum absolute atomic E-state index is 11.5. The lowest BCUT2D eigenvalue weighted by Crippen LogP contribution is -2.09. The molecule has 0 saturated carbocycles. The molecule has 0 spiro atoms. The number of hydrogen-bond acceptors (Lipinski definition) is 2. The average Bonchev–Trinajstić information content (AvgIpc) is 2.42. The third kappa shape index (κ3) is 3.98. The lowest BCUT2D eigenvalue weighted by Gasteiger charge is -2.15. The highest BCUT2D eigenvalue weighted by molar-refractivity contribution is 6.18. The van der Waals surface area contributed by atoms with Crippen molar-refractivity contribution in [2.45, 2.75) is 41.0 Å². The number of carboxylic acid groups (broad SMARTS) is 1. The van der Waals surface area contributed by atoms with Crippen molar-refractivity contribution in [1.82, 2.24) is 0 Å². The van der Waals surface area contributed by atoms with Crippen LogP contribution >= 0.6 is 0 Å². The molecule has 0 aliphatic heterocycles. The zero-order valence-corrected chi connectivity index (χ0v) is 13.1. The van der Waals surface area contributed by atoms with Gasteiger partial charge in [-0.15, -0.1) is 0 Å². The summed E-state index contributed by atoms with van der Waals surface area (Å²) in [5.74, 6) is -0.925. The van der Waals surface area contributed by atoms with E-state index in [-0.39, 0.29) is 0 Å². The number of nitrogens with two attached hydrogens (primary N) is 1. The number of benzene rings is 1. The zero-order valence-electron chi connectivity index (χ0n) is 13.1. The molecule has 1 aromatic rings. The first kappa shape index (κ1) is 18.0. The van der Waals surface area contributed by atoms with Gasteiger partial charge in [0.1, 0.15) is 0 Å². The number of carbonyl (C=O) groups is 1. The van der Waals surface area contributed by atoms with E-state index in [2.05, 4.69) is 6.58 Å². The van der Waals surface area contributed by atoms with Crippen LogP contribution in [0.2, 0.25) is 0 Å². The summed E-state index contributed by atoms with van der Waals surface area (Å²) in [6.07, 6.45) is 0.687. The summed E-state index contributed by atoms with van der Waals surface area (Å²) in [5.41, 5.74) is 9.57. The number of hydrogen-bond donors (Lipinski definition) is 2.